The quantitative estimate of drug-likeness (QED) is 0.783. The number of hydrogen-bond acceptors (Lipinski definition) is 3. The van der Waals surface area contributed by atoms with Crippen LogP contribution in [0.4, 0.5) is 8.78 Å². The van der Waals surface area contributed by atoms with Gasteiger partial charge < -0.3 is 4.74 Å². The van der Waals surface area contributed by atoms with E-state index in [1.165, 1.54) is 0 Å². The molecular weight excluding hydrogens is 276 g/mol. The largest absolute Gasteiger partial charge is 0.379 e. The van der Waals surface area contributed by atoms with Gasteiger partial charge in [-0.3, -0.25) is 0 Å². The minimum atomic E-state index is -3.81. The van der Waals surface area contributed by atoms with Gasteiger partial charge in [0.05, 0.1) is 11.0 Å². The average molecular weight is 293 g/mol. The van der Waals surface area contributed by atoms with E-state index < -0.39 is 21.7 Å². The molecule has 0 atom stereocenters. The number of ether oxygens (including phenoxy) is 1. The van der Waals surface area contributed by atoms with Gasteiger partial charge in [0.1, 0.15) is 0 Å². The van der Waals surface area contributed by atoms with Gasteiger partial charge in [-0.15, -0.1) is 0 Å². The molecule has 0 saturated carbocycles. The third-order valence-electron chi connectivity index (χ3n) is 2.27. The first-order valence-electron chi connectivity index (χ1n) is 5.89. The van der Waals surface area contributed by atoms with Gasteiger partial charge in [-0.1, -0.05) is 0 Å². The van der Waals surface area contributed by atoms with E-state index in [2.05, 4.69) is 4.72 Å². The standard InChI is InChI=1S/C12H17F2NO3S/c1-9(2)18-7-3-6-15-19(16,17)10-4-5-11(13)12(14)8-10/h4-5,8-9,15H,3,6-7H2,1-2H3. The highest BCUT2D eigenvalue weighted by Crippen LogP contribution is 2.13. The summed E-state index contributed by atoms with van der Waals surface area (Å²) in [7, 11) is -3.81. The molecule has 0 aliphatic carbocycles. The van der Waals surface area contributed by atoms with Crippen LogP contribution in [0.1, 0.15) is 20.3 Å². The minimum Gasteiger partial charge on any atom is -0.379 e. The highest BCUT2D eigenvalue weighted by molar-refractivity contribution is 7.89. The maximum atomic E-state index is 13.0. The van der Waals surface area contributed by atoms with Crippen LogP contribution in [0, 0.1) is 11.6 Å². The zero-order valence-corrected chi connectivity index (χ0v) is 11.6. The maximum absolute atomic E-state index is 13.0. The Labute approximate surface area is 111 Å². The lowest BCUT2D eigenvalue weighted by Crippen LogP contribution is -2.26. The lowest BCUT2D eigenvalue weighted by Gasteiger charge is -2.09. The first-order chi connectivity index (χ1) is 8.83. The monoisotopic (exact) mass is 293 g/mol. The van der Waals surface area contributed by atoms with Crippen molar-refractivity contribution >= 4 is 10.0 Å². The summed E-state index contributed by atoms with van der Waals surface area (Å²) in [6.45, 7) is 4.36. The Bertz CT molecular complexity index is 518. The van der Waals surface area contributed by atoms with Gasteiger partial charge in [0.25, 0.3) is 0 Å². The van der Waals surface area contributed by atoms with Crippen LogP contribution < -0.4 is 4.72 Å². The molecule has 0 aromatic heterocycles. The van der Waals surface area contributed by atoms with Crippen molar-refractivity contribution in [1.29, 1.82) is 0 Å². The Morgan fingerprint density at radius 2 is 1.95 bits per heavy atom. The molecule has 0 bridgehead atoms. The molecule has 0 heterocycles. The molecule has 0 spiro atoms. The third kappa shape index (κ3) is 5.22. The first-order valence-corrected chi connectivity index (χ1v) is 7.37. The van der Waals surface area contributed by atoms with Crippen molar-refractivity contribution in [1.82, 2.24) is 4.72 Å². The van der Waals surface area contributed by atoms with E-state index in [0.717, 1.165) is 12.1 Å². The van der Waals surface area contributed by atoms with Crippen LogP contribution in [0.25, 0.3) is 0 Å². The summed E-state index contributed by atoms with van der Waals surface area (Å²) in [6, 6.07) is 2.46. The highest BCUT2D eigenvalue weighted by Gasteiger charge is 2.15. The Hall–Kier alpha value is -1.05. The molecule has 1 aromatic rings. The minimum absolute atomic E-state index is 0.0859. The number of sulfonamides is 1. The Morgan fingerprint density at radius 3 is 2.53 bits per heavy atom. The summed E-state index contributed by atoms with van der Waals surface area (Å²) in [4.78, 5) is -0.295. The number of hydrogen-bond donors (Lipinski definition) is 1. The number of benzene rings is 1. The van der Waals surface area contributed by atoms with Gasteiger partial charge >= 0.3 is 0 Å². The normalized spacial score (nSPS) is 12.1. The SMILES string of the molecule is CC(C)OCCCNS(=O)(=O)c1ccc(F)c(F)c1. The van der Waals surface area contributed by atoms with Crippen molar-refractivity contribution in [3.63, 3.8) is 0 Å². The Morgan fingerprint density at radius 1 is 1.26 bits per heavy atom. The van der Waals surface area contributed by atoms with Gasteiger partial charge in [-0.05, 0) is 38.5 Å². The van der Waals surface area contributed by atoms with E-state index in [-0.39, 0.29) is 17.5 Å². The van der Waals surface area contributed by atoms with Crippen LogP contribution in [-0.2, 0) is 14.8 Å². The maximum Gasteiger partial charge on any atom is 0.240 e. The van der Waals surface area contributed by atoms with E-state index in [1.54, 1.807) is 0 Å². The van der Waals surface area contributed by atoms with Gasteiger partial charge in [-0.25, -0.2) is 21.9 Å². The van der Waals surface area contributed by atoms with Gasteiger partial charge in [0.2, 0.25) is 10.0 Å². The predicted molar refractivity (Wildman–Crippen MR) is 67.3 cm³/mol. The zero-order valence-electron chi connectivity index (χ0n) is 10.8. The Kier molecular flexibility index (Phi) is 5.84. The molecule has 19 heavy (non-hydrogen) atoms. The van der Waals surface area contributed by atoms with Crippen LogP contribution >= 0.6 is 0 Å². The fourth-order valence-electron chi connectivity index (χ4n) is 1.33. The van der Waals surface area contributed by atoms with Gasteiger partial charge in [-0.2, -0.15) is 0 Å². The molecule has 4 nitrogen and oxygen atoms in total. The molecule has 7 heteroatoms. The zero-order chi connectivity index (χ0) is 14.5. The van der Waals surface area contributed by atoms with E-state index in [4.69, 9.17) is 4.74 Å². The van der Waals surface area contributed by atoms with E-state index >= 15 is 0 Å². The molecule has 1 aromatic carbocycles. The topological polar surface area (TPSA) is 55.4 Å². The Balaban J connectivity index is 2.54. The van der Waals surface area contributed by atoms with Crippen molar-refractivity contribution < 1.29 is 21.9 Å². The summed E-state index contributed by atoms with van der Waals surface area (Å²) in [5.74, 6) is -2.27. The summed E-state index contributed by atoms with van der Waals surface area (Å²) < 4.78 is 56.7. The molecule has 0 fully saturated rings. The summed E-state index contributed by atoms with van der Waals surface area (Å²) >= 11 is 0. The second-order valence-electron chi connectivity index (χ2n) is 4.25. The smallest absolute Gasteiger partial charge is 0.240 e. The van der Waals surface area contributed by atoms with Gasteiger partial charge in [0, 0.05) is 13.2 Å². The first kappa shape index (κ1) is 16.0. The number of halogens is 2. The molecule has 0 unspecified atom stereocenters. The average Bonchev–Trinajstić information content (AvgIpc) is 2.31. The number of rotatable bonds is 7. The van der Waals surface area contributed by atoms with Gasteiger partial charge in [0.15, 0.2) is 11.6 Å². The lowest BCUT2D eigenvalue weighted by atomic mass is 10.3. The molecule has 1 N–H and O–H groups in total. The van der Waals surface area contributed by atoms with Crippen LogP contribution in [0.3, 0.4) is 0 Å². The highest BCUT2D eigenvalue weighted by atomic mass is 32.2. The second-order valence-corrected chi connectivity index (χ2v) is 6.01. The number of nitrogens with one attached hydrogen (secondary N) is 1. The van der Waals surface area contributed by atoms with Crippen molar-refractivity contribution in [2.24, 2.45) is 0 Å². The second kappa shape index (κ2) is 6.93. The van der Waals surface area contributed by atoms with Crippen molar-refractivity contribution in [3.8, 4) is 0 Å². The summed E-state index contributed by atoms with van der Waals surface area (Å²) in [6.07, 6.45) is 0.587. The van der Waals surface area contributed by atoms with Crippen molar-refractivity contribution in [2.45, 2.75) is 31.3 Å². The van der Waals surface area contributed by atoms with Crippen LogP contribution in [-0.4, -0.2) is 27.7 Å². The lowest BCUT2D eigenvalue weighted by molar-refractivity contribution is 0.0778. The molecule has 0 aliphatic heterocycles. The molecule has 1 rings (SSSR count). The molecule has 0 saturated heterocycles. The van der Waals surface area contributed by atoms with Crippen LogP contribution in [0.5, 0.6) is 0 Å². The van der Waals surface area contributed by atoms with E-state index in [1.807, 2.05) is 13.8 Å². The predicted octanol–water partition coefficient (Wildman–Crippen LogP) is 2.06. The molecule has 0 aliphatic rings. The summed E-state index contributed by atoms with van der Waals surface area (Å²) in [5, 5.41) is 0. The fourth-order valence-corrected chi connectivity index (χ4v) is 2.41. The van der Waals surface area contributed by atoms with Crippen molar-refractivity contribution in [2.75, 3.05) is 13.2 Å². The van der Waals surface area contributed by atoms with E-state index in [0.29, 0.717) is 19.1 Å². The fraction of sp³-hybridized carbons (Fsp3) is 0.500. The molecular formula is C12H17F2NO3S. The van der Waals surface area contributed by atoms with Crippen molar-refractivity contribution in [3.05, 3.63) is 29.8 Å². The van der Waals surface area contributed by atoms with Crippen LogP contribution in [0.15, 0.2) is 23.1 Å². The van der Waals surface area contributed by atoms with Crippen LogP contribution in [0.2, 0.25) is 0 Å². The molecule has 108 valence electrons. The summed E-state index contributed by atoms with van der Waals surface area (Å²) in [5.41, 5.74) is 0. The van der Waals surface area contributed by atoms with E-state index in [9.17, 15) is 17.2 Å². The molecule has 0 radical (unpaired) electrons. The molecule has 0 amide bonds. The third-order valence-corrected chi connectivity index (χ3v) is 3.72.